The molecule has 4 rings (SSSR count). The van der Waals surface area contributed by atoms with E-state index < -0.39 is 24.2 Å². The number of pyridine rings is 1. The van der Waals surface area contributed by atoms with Crippen molar-refractivity contribution in [1.29, 1.82) is 0 Å². The second kappa shape index (κ2) is 7.17. The maximum absolute atomic E-state index is 12.4. The Morgan fingerprint density at radius 2 is 1.79 bits per heavy atom. The van der Waals surface area contributed by atoms with E-state index in [1.54, 1.807) is 12.1 Å². The van der Waals surface area contributed by atoms with E-state index in [2.05, 4.69) is 29.9 Å². The quantitative estimate of drug-likeness (QED) is 0.706. The second-order valence-corrected chi connectivity index (χ2v) is 6.59. The first-order chi connectivity index (χ1) is 13.4. The van der Waals surface area contributed by atoms with Gasteiger partial charge in [-0.1, -0.05) is 5.16 Å². The number of aliphatic carboxylic acids is 1. The molecular formula is C15H13F6N5O3. The lowest BCUT2D eigenvalue weighted by Gasteiger charge is -2.56. The molecule has 1 spiro atoms. The summed E-state index contributed by atoms with van der Waals surface area (Å²) in [5, 5.41) is 13.7. The summed E-state index contributed by atoms with van der Waals surface area (Å²) in [4.78, 5) is 18.7. The number of hydrogen-bond donors (Lipinski definition) is 2. The molecule has 2 aromatic heterocycles. The summed E-state index contributed by atoms with van der Waals surface area (Å²) in [5.74, 6) is -3.42. The van der Waals surface area contributed by atoms with Gasteiger partial charge in [-0.3, -0.25) is 0 Å². The van der Waals surface area contributed by atoms with Gasteiger partial charge in [0.25, 0.3) is 0 Å². The minimum atomic E-state index is -5.08. The highest BCUT2D eigenvalue weighted by molar-refractivity contribution is 5.73. The Morgan fingerprint density at radius 3 is 2.17 bits per heavy atom. The molecule has 4 heterocycles. The molecule has 0 amide bonds. The smallest absolute Gasteiger partial charge is 0.475 e. The van der Waals surface area contributed by atoms with Crippen LogP contribution in [0, 0.1) is 5.41 Å². The van der Waals surface area contributed by atoms with Gasteiger partial charge in [0, 0.05) is 43.4 Å². The second-order valence-electron chi connectivity index (χ2n) is 6.59. The molecule has 0 aromatic carbocycles. The fourth-order valence-electron chi connectivity index (χ4n) is 2.79. The third kappa shape index (κ3) is 4.58. The number of carboxylic acid groups (broad SMARTS) is 1. The van der Waals surface area contributed by atoms with Crippen LogP contribution in [0.4, 0.5) is 32.2 Å². The van der Waals surface area contributed by atoms with Gasteiger partial charge in [0.15, 0.2) is 0 Å². The Kier molecular flexibility index (Phi) is 5.15. The molecule has 2 aliphatic heterocycles. The van der Waals surface area contributed by atoms with Crippen LogP contribution in [0.5, 0.6) is 0 Å². The Bertz CT molecular complexity index is 868. The minimum Gasteiger partial charge on any atom is -0.475 e. The maximum atomic E-state index is 12.4. The molecule has 0 aliphatic carbocycles. The molecule has 2 aliphatic rings. The van der Waals surface area contributed by atoms with Crippen LogP contribution in [0.3, 0.4) is 0 Å². The van der Waals surface area contributed by atoms with E-state index >= 15 is 0 Å². The van der Waals surface area contributed by atoms with E-state index in [1.165, 1.54) is 6.20 Å². The van der Waals surface area contributed by atoms with E-state index in [0.29, 0.717) is 11.0 Å². The summed E-state index contributed by atoms with van der Waals surface area (Å²) < 4.78 is 73.2. The lowest BCUT2D eigenvalue weighted by atomic mass is 9.74. The van der Waals surface area contributed by atoms with Crippen molar-refractivity contribution in [2.75, 3.05) is 31.1 Å². The third-order valence-corrected chi connectivity index (χ3v) is 4.29. The number of nitrogens with zero attached hydrogens (tertiary/aromatic N) is 4. The molecule has 0 atom stereocenters. The number of anilines is 1. The topological polar surface area (TPSA) is 104 Å². The van der Waals surface area contributed by atoms with Crippen LogP contribution in [-0.2, 0) is 11.0 Å². The molecule has 0 radical (unpaired) electrons. The SMILES string of the molecule is FC(F)(F)c1nc(-c2ccc(N3CC4(CNC4)C3)nc2)no1.O=C(O)C(F)(F)F. The zero-order valence-corrected chi connectivity index (χ0v) is 14.4. The predicted octanol–water partition coefficient (Wildman–Crippen LogP) is 2.19. The molecule has 14 heteroatoms. The van der Waals surface area contributed by atoms with E-state index in [-0.39, 0.29) is 5.82 Å². The van der Waals surface area contributed by atoms with Gasteiger partial charge in [-0.05, 0) is 12.1 Å². The Hall–Kier alpha value is -2.90. The van der Waals surface area contributed by atoms with Gasteiger partial charge in [0.1, 0.15) is 5.82 Å². The molecule has 2 saturated heterocycles. The number of halogens is 6. The van der Waals surface area contributed by atoms with Crippen molar-refractivity contribution in [2.45, 2.75) is 12.4 Å². The molecule has 0 bridgehead atoms. The summed E-state index contributed by atoms with van der Waals surface area (Å²) in [6.45, 7) is 3.97. The van der Waals surface area contributed by atoms with E-state index in [4.69, 9.17) is 9.90 Å². The molecular weight excluding hydrogens is 412 g/mol. The number of carboxylic acids is 1. The number of hydrogen-bond acceptors (Lipinski definition) is 7. The maximum Gasteiger partial charge on any atom is 0.490 e. The van der Waals surface area contributed by atoms with Crippen LogP contribution in [0.25, 0.3) is 11.4 Å². The fourth-order valence-corrected chi connectivity index (χ4v) is 2.79. The number of nitrogens with one attached hydrogen (secondary N) is 1. The molecule has 8 nitrogen and oxygen atoms in total. The predicted molar refractivity (Wildman–Crippen MR) is 83.7 cm³/mol. The first kappa shape index (κ1) is 20.8. The first-order valence-electron chi connectivity index (χ1n) is 8.03. The van der Waals surface area contributed by atoms with Gasteiger partial charge in [0.2, 0.25) is 5.82 Å². The van der Waals surface area contributed by atoms with Crippen molar-refractivity contribution in [3.8, 4) is 11.4 Å². The molecule has 2 N–H and O–H groups in total. The zero-order chi connectivity index (χ0) is 21.4. The minimum absolute atomic E-state index is 0.116. The Labute approximate surface area is 158 Å². The molecule has 29 heavy (non-hydrogen) atoms. The standard InChI is InChI=1S/C13H12F3N5O.C2HF3O2/c14-13(15,16)11-19-10(20-22-11)8-1-2-9(18-3-8)21-6-12(7-21)4-17-5-12;3-2(4,5)1(6)7/h1-3,17H,4-7H2;(H,6,7). The molecule has 2 fully saturated rings. The van der Waals surface area contributed by atoms with Crippen LogP contribution in [-0.4, -0.2) is 58.6 Å². The van der Waals surface area contributed by atoms with Crippen LogP contribution < -0.4 is 10.2 Å². The van der Waals surface area contributed by atoms with Crippen LogP contribution >= 0.6 is 0 Å². The van der Waals surface area contributed by atoms with Crippen molar-refractivity contribution in [3.05, 3.63) is 24.2 Å². The number of aromatic nitrogens is 3. The summed E-state index contributed by atoms with van der Waals surface area (Å²) in [6.07, 6.45) is -8.26. The van der Waals surface area contributed by atoms with Gasteiger partial charge in [-0.15, -0.1) is 0 Å². The lowest BCUT2D eigenvalue weighted by Crippen LogP contribution is -2.71. The molecule has 0 saturated carbocycles. The van der Waals surface area contributed by atoms with Gasteiger partial charge in [0.05, 0.1) is 0 Å². The highest BCUT2D eigenvalue weighted by Gasteiger charge is 2.48. The summed E-state index contributed by atoms with van der Waals surface area (Å²) in [5.41, 5.74) is 0.777. The van der Waals surface area contributed by atoms with Crippen molar-refractivity contribution >= 4 is 11.8 Å². The largest absolute Gasteiger partial charge is 0.490 e. The molecule has 158 valence electrons. The van der Waals surface area contributed by atoms with Crippen molar-refractivity contribution in [1.82, 2.24) is 20.4 Å². The summed E-state index contributed by atoms with van der Waals surface area (Å²) >= 11 is 0. The zero-order valence-electron chi connectivity index (χ0n) is 14.4. The van der Waals surface area contributed by atoms with Gasteiger partial charge in [-0.2, -0.15) is 31.3 Å². The number of alkyl halides is 6. The molecule has 2 aromatic rings. The highest BCUT2D eigenvalue weighted by atomic mass is 19.4. The third-order valence-electron chi connectivity index (χ3n) is 4.29. The normalized spacial score (nSPS) is 17.8. The van der Waals surface area contributed by atoms with E-state index in [9.17, 15) is 26.3 Å². The van der Waals surface area contributed by atoms with Gasteiger partial charge >= 0.3 is 24.2 Å². The van der Waals surface area contributed by atoms with Crippen molar-refractivity contribution < 1.29 is 40.8 Å². The first-order valence-corrected chi connectivity index (χ1v) is 8.03. The summed E-state index contributed by atoms with van der Waals surface area (Å²) in [7, 11) is 0. The van der Waals surface area contributed by atoms with E-state index in [0.717, 1.165) is 32.0 Å². The van der Waals surface area contributed by atoms with Crippen LogP contribution in [0.1, 0.15) is 5.89 Å². The summed E-state index contributed by atoms with van der Waals surface area (Å²) in [6, 6.07) is 3.41. The van der Waals surface area contributed by atoms with Gasteiger partial charge < -0.3 is 19.8 Å². The lowest BCUT2D eigenvalue weighted by molar-refractivity contribution is -0.192. The van der Waals surface area contributed by atoms with E-state index in [1.807, 2.05) is 0 Å². The van der Waals surface area contributed by atoms with Crippen LogP contribution in [0.15, 0.2) is 22.9 Å². The fraction of sp³-hybridized carbons (Fsp3) is 0.467. The Morgan fingerprint density at radius 1 is 1.17 bits per heavy atom. The molecule has 0 unspecified atom stereocenters. The number of rotatable bonds is 2. The Balaban J connectivity index is 0.000000298. The van der Waals surface area contributed by atoms with Crippen molar-refractivity contribution in [2.24, 2.45) is 5.41 Å². The monoisotopic (exact) mass is 425 g/mol. The number of carbonyl (C=O) groups is 1. The highest BCUT2D eigenvalue weighted by Crippen LogP contribution is 2.37. The average Bonchev–Trinajstić information content (AvgIpc) is 3.03. The van der Waals surface area contributed by atoms with Gasteiger partial charge in [-0.25, -0.2) is 9.78 Å². The van der Waals surface area contributed by atoms with Crippen molar-refractivity contribution in [3.63, 3.8) is 0 Å². The average molecular weight is 425 g/mol. The van der Waals surface area contributed by atoms with Crippen LogP contribution in [0.2, 0.25) is 0 Å².